The van der Waals surface area contributed by atoms with Crippen LogP contribution in [0.25, 0.3) is 5.70 Å². The summed E-state index contributed by atoms with van der Waals surface area (Å²) in [7, 11) is -3.07. The Kier molecular flexibility index (Phi) is 3.16. The van der Waals surface area contributed by atoms with Crippen molar-refractivity contribution in [2.45, 2.75) is 11.1 Å². The first-order valence-corrected chi connectivity index (χ1v) is 7.54. The fourth-order valence-corrected chi connectivity index (χ4v) is 3.83. The fourth-order valence-electron chi connectivity index (χ4n) is 1.40. The van der Waals surface area contributed by atoms with E-state index in [4.69, 9.17) is 0 Å². The minimum Gasteiger partial charge on any atom is -0.380 e. The number of hydrogen-bond acceptors (Lipinski definition) is 4. The summed E-state index contributed by atoms with van der Waals surface area (Å²) >= 11 is 1.32. The zero-order valence-corrected chi connectivity index (χ0v) is 10.6. The van der Waals surface area contributed by atoms with Crippen molar-refractivity contribution in [3.8, 4) is 0 Å². The van der Waals surface area contributed by atoms with Crippen molar-refractivity contribution >= 4 is 26.9 Å². The molecule has 0 radical (unpaired) electrons. The van der Waals surface area contributed by atoms with Gasteiger partial charge in [-0.25, -0.2) is 8.42 Å². The minimum absolute atomic E-state index is 0.152. The normalized spacial score (nSPS) is 15.7. The van der Waals surface area contributed by atoms with E-state index in [0.717, 1.165) is 17.1 Å². The molecule has 0 saturated heterocycles. The lowest BCUT2D eigenvalue weighted by Crippen LogP contribution is -2.13. The Morgan fingerprint density at radius 3 is 2.88 bits per heavy atom. The van der Waals surface area contributed by atoms with Gasteiger partial charge < -0.3 is 5.32 Å². The average molecular weight is 255 g/mol. The molecule has 0 spiro atoms. The Bertz CT molecular complexity index is 538. The predicted molar refractivity (Wildman–Crippen MR) is 67.2 cm³/mol. The van der Waals surface area contributed by atoms with E-state index in [1.807, 2.05) is 24.3 Å². The lowest BCUT2D eigenvalue weighted by atomic mass is 10.2. The number of dihydropyridines is 1. The third kappa shape index (κ3) is 2.20. The summed E-state index contributed by atoms with van der Waals surface area (Å²) in [6, 6.07) is 3.53. The maximum absolute atomic E-state index is 11.7. The molecule has 3 nitrogen and oxygen atoms in total. The molecule has 5 heteroatoms. The van der Waals surface area contributed by atoms with Crippen LogP contribution in [0.1, 0.15) is 11.8 Å². The Hall–Kier alpha value is -1.07. The minimum atomic E-state index is -3.07. The number of allylic oxidation sites excluding steroid dienone is 2. The quantitative estimate of drug-likeness (QED) is 0.899. The van der Waals surface area contributed by atoms with Crippen molar-refractivity contribution in [3.05, 3.63) is 35.2 Å². The fraction of sp³-hybridized carbons (Fsp3) is 0.273. The molecule has 0 atom stereocenters. The first-order chi connectivity index (χ1) is 7.63. The van der Waals surface area contributed by atoms with Crippen LogP contribution in [0, 0.1) is 0 Å². The Labute approximate surface area is 99.4 Å². The third-order valence-corrected chi connectivity index (χ3v) is 5.78. The van der Waals surface area contributed by atoms with E-state index < -0.39 is 9.84 Å². The summed E-state index contributed by atoms with van der Waals surface area (Å²) in [4.78, 5) is 0.969. The molecule has 1 N–H and O–H groups in total. The van der Waals surface area contributed by atoms with E-state index in [1.54, 1.807) is 13.0 Å². The highest BCUT2D eigenvalue weighted by Gasteiger charge is 2.15. The van der Waals surface area contributed by atoms with Crippen LogP contribution in [-0.4, -0.2) is 20.7 Å². The molecule has 1 aromatic heterocycles. The average Bonchev–Trinajstić information content (AvgIpc) is 2.80. The lowest BCUT2D eigenvalue weighted by molar-refractivity contribution is 0.599. The smallest absolute Gasteiger partial charge is 0.187 e. The van der Waals surface area contributed by atoms with Gasteiger partial charge in [0.15, 0.2) is 9.84 Å². The summed E-state index contributed by atoms with van der Waals surface area (Å²) in [5.41, 5.74) is 0.991. The van der Waals surface area contributed by atoms with Gasteiger partial charge in [-0.3, -0.25) is 0 Å². The zero-order valence-electron chi connectivity index (χ0n) is 8.93. The van der Waals surface area contributed by atoms with Crippen LogP contribution in [0.2, 0.25) is 0 Å². The monoisotopic (exact) mass is 255 g/mol. The van der Waals surface area contributed by atoms with Crippen LogP contribution in [-0.2, 0) is 9.84 Å². The second-order valence-corrected chi connectivity index (χ2v) is 7.00. The Balaban J connectivity index is 2.33. The van der Waals surface area contributed by atoms with E-state index in [9.17, 15) is 8.42 Å². The summed E-state index contributed by atoms with van der Waals surface area (Å²) in [5, 5.41) is 3.21. The Morgan fingerprint density at radius 1 is 1.44 bits per heavy atom. The summed E-state index contributed by atoms with van der Waals surface area (Å²) in [6.07, 6.45) is 5.94. The van der Waals surface area contributed by atoms with Crippen molar-refractivity contribution in [2.75, 3.05) is 12.3 Å². The molecule has 1 aliphatic rings. The van der Waals surface area contributed by atoms with Crippen molar-refractivity contribution in [1.29, 1.82) is 0 Å². The molecule has 0 aliphatic carbocycles. The van der Waals surface area contributed by atoms with Crippen molar-refractivity contribution in [2.24, 2.45) is 0 Å². The van der Waals surface area contributed by atoms with E-state index in [2.05, 4.69) is 5.32 Å². The number of rotatable bonds is 3. The molecule has 0 unspecified atom stereocenters. The molecular weight excluding hydrogens is 242 g/mol. The lowest BCUT2D eigenvalue weighted by Gasteiger charge is -2.09. The van der Waals surface area contributed by atoms with E-state index in [-0.39, 0.29) is 5.75 Å². The van der Waals surface area contributed by atoms with Gasteiger partial charge in [-0.15, -0.1) is 11.3 Å². The summed E-state index contributed by atoms with van der Waals surface area (Å²) in [6.45, 7) is 2.45. The highest BCUT2D eigenvalue weighted by molar-refractivity contribution is 7.93. The number of nitrogens with one attached hydrogen (secondary N) is 1. The molecule has 0 aromatic carbocycles. The molecular formula is C11H13NO2S2. The topological polar surface area (TPSA) is 46.2 Å². The van der Waals surface area contributed by atoms with Crippen LogP contribution in [0.3, 0.4) is 0 Å². The summed E-state index contributed by atoms with van der Waals surface area (Å²) < 4.78 is 23.8. The van der Waals surface area contributed by atoms with Crippen LogP contribution < -0.4 is 5.32 Å². The van der Waals surface area contributed by atoms with Gasteiger partial charge in [0, 0.05) is 6.54 Å². The molecule has 0 fully saturated rings. The van der Waals surface area contributed by atoms with Gasteiger partial charge >= 0.3 is 0 Å². The Morgan fingerprint density at radius 2 is 2.25 bits per heavy atom. The number of hydrogen-bond donors (Lipinski definition) is 1. The van der Waals surface area contributed by atoms with Gasteiger partial charge in [-0.1, -0.05) is 19.1 Å². The molecule has 1 aliphatic heterocycles. The highest BCUT2D eigenvalue weighted by Crippen LogP contribution is 2.27. The molecule has 1 aromatic rings. The number of thiophene rings is 1. The van der Waals surface area contributed by atoms with Gasteiger partial charge in [0.2, 0.25) is 0 Å². The SMILES string of the molecule is CCS(=O)(=O)c1ccc(C2=CC=CCN2)s1. The maximum Gasteiger partial charge on any atom is 0.187 e. The molecule has 0 saturated carbocycles. The standard InChI is InChI=1S/C11H13NO2S2/c1-2-16(13,14)11-7-6-10(15-11)9-5-3-4-8-12-9/h3-7,12H,2,8H2,1H3. The van der Waals surface area contributed by atoms with Crippen LogP contribution in [0.5, 0.6) is 0 Å². The maximum atomic E-state index is 11.7. The first kappa shape index (κ1) is 11.4. The molecule has 0 bridgehead atoms. The molecule has 0 amide bonds. The van der Waals surface area contributed by atoms with Crippen molar-refractivity contribution in [1.82, 2.24) is 5.32 Å². The predicted octanol–water partition coefficient (Wildman–Crippen LogP) is 2.04. The molecule has 2 heterocycles. The molecule has 2 rings (SSSR count). The van der Waals surface area contributed by atoms with Crippen LogP contribution in [0.15, 0.2) is 34.6 Å². The van der Waals surface area contributed by atoms with E-state index in [0.29, 0.717) is 4.21 Å². The number of sulfone groups is 1. The highest BCUT2D eigenvalue weighted by atomic mass is 32.2. The van der Waals surface area contributed by atoms with Gasteiger partial charge in [-0.2, -0.15) is 0 Å². The van der Waals surface area contributed by atoms with E-state index >= 15 is 0 Å². The van der Waals surface area contributed by atoms with E-state index in [1.165, 1.54) is 11.3 Å². The van der Waals surface area contributed by atoms with Crippen LogP contribution in [0.4, 0.5) is 0 Å². The van der Waals surface area contributed by atoms with Gasteiger partial charge in [0.1, 0.15) is 4.21 Å². The van der Waals surface area contributed by atoms with Crippen molar-refractivity contribution < 1.29 is 8.42 Å². The van der Waals surface area contributed by atoms with Crippen LogP contribution >= 0.6 is 11.3 Å². The second kappa shape index (κ2) is 4.43. The first-order valence-electron chi connectivity index (χ1n) is 5.07. The largest absolute Gasteiger partial charge is 0.380 e. The third-order valence-electron chi connectivity index (χ3n) is 2.34. The van der Waals surface area contributed by atoms with Gasteiger partial charge in [-0.05, 0) is 18.2 Å². The summed E-state index contributed by atoms with van der Waals surface area (Å²) in [5.74, 6) is 0.152. The zero-order chi connectivity index (χ0) is 11.6. The molecule has 86 valence electrons. The second-order valence-electron chi connectivity index (χ2n) is 3.41. The van der Waals surface area contributed by atoms with Crippen molar-refractivity contribution in [3.63, 3.8) is 0 Å². The van der Waals surface area contributed by atoms with Gasteiger partial charge in [0.25, 0.3) is 0 Å². The molecule has 16 heavy (non-hydrogen) atoms. The van der Waals surface area contributed by atoms with Gasteiger partial charge in [0.05, 0.1) is 16.3 Å².